The molecule has 0 spiro atoms. The van der Waals surface area contributed by atoms with Gasteiger partial charge in [-0.25, -0.2) is 0 Å². The zero-order valence-electron chi connectivity index (χ0n) is 7.73. The second-order valence-electron chi connectivity index (χ2n) is 3.18. The number of carbonyl (C=O) groups excluding carboxylic acids is 1. The first-order valence-electron chi connectivity index (χ1n) is 4.39. The monoisotopic (exact) mass is 178 g/mol. The predicted octanol–water partition coefficient (Wildman–Crippen LogP) is 1.43. The van der Waals surface area contributed by atoms with Crippen LogP contribution >= 0.6 is 0 Å². The summed E-state index contributed by atoms with van der Waals surface area (Å²) in [7, 11) is 0. The van der Waals surface area contributed by atoms with Gasteiger partial charge < -0.3 is 5.11 Å². The van der Waals surface area contributed by atoms with Gasteiger partial charge in [-0.2, -0.15) is 0 Å². The van der Waals surface area contributed by atoms with Crippen molar-refractivity contribution < 1.29 is 9.90 Å². The van der Waals surface area contributed by atoms with Gasteiger partial charge in [0.15, 0.2) is 0 Å². The minimum atomic E-state index is -0.248. The molecule has 1 unspecified atom stereocenters. The minimum Gasteiger partial charge on any atom is -0.396 e. The molecule has 1 N–H and O–H groups in total. The summed E-state index contributed by atoms with van der Waals surface area (Å²) in [6.07, 6.45) is 0.632. The number of Topliss-reactive ketones (excluding diaryl/α,β-unsaturated/α-hetero) is 1. The SMILES string of the molecule is CC(=O)C(CO)Cc1ccccc1. The van der Waals surface area contributed by atoms with Crippen LogP contribution in [-0.4, -0.2) is 17.5 Å². The number of aliphatic hydroxyl groups is 1. The molecule has 2 nitrogen and oxygen atoms in total. The van der Waals surface area contributed by atoms with Gasteiger partial charge in [-0.05, 0) is 18.9 Å². The van der Waals surface area contributed by atoms with Crippen molar-refractivity contribution in [3.05, 3.63) is 35.9 Å². The summed E-state index contributed by atoms with van der Waals surface area (Å²) in [5.74, 6) is -0.200. The Morgan fingerprint density at radius 1 is 1.38 bits per heavy atom. The van der Waals surface area contributed by atoms with Gasteiger partial charge >= 0.3 is 0 Å². The van der Waals surface area contributed by atoms with E-state index >= 15 is 0 Å². The molecule has 0 saturated heterocycles. The molecule has 0 fully saturated rings. The molecule has 1 aromatic carbocycles. The third-order valence-corrected chi connectivity index (χ3v) is 2.12. The van der Waals surface area contributed by atoms with E-state index in [0.717, 1.165) is 5.56 Å². The smallest absolute Gasteiger partial charge is 0.135 e. The molecule has 0 aliphatic carbocycles. The molecule has 0 bridgehead atoms. The van der Waals surface area contributed by atoms with Crippen LogP contribution in [0, 0.1) is 5.92 Å². The zero-order chi connectivity index (χ0) is 9.68. The Morgan fingerprint density at radius 2 is 2.00 bits per heavy atom. The van der Waals surface area contributed by atoms with E-state index in [1.807, 2.05) is 30.3 Å². The number of hydrogen-bond acceptors (Lipinski definition) is 2. The molecule has 13 heavy (non-hydrogen) atoms. The number of benzene rings is 1. The Kier molecular flexibility index (Phi) is 3.65. The van der Waals surface area contributed by atoms with E-state index in [2.05, 4.69) is 0 Å². The first-order chi connectivity index (χ1) is 6.24. The fourth-order valence-corrected chi connectivity index (χ4v) is 1.24. The van der Waals surface area contributed by atoms with Crippen LogP contribution < -0.4 is 0 Å². The molecular formula is C11H14O2. The van der Waals surface area contributed by atoms with Crippen molar-refractivity contribution in [2.45, 2.75) is 13.3 Å². The fourth-order valence-electron chi connectivity index (χ4n) is 1.24. The summed E-state index contributed by atoms with van der Waals surface area (Å²) < 4.78 is 0. The maximum Gasteiger partial charge on any atom is 0.135 e. The van der Waals surface area contributed by atoms with Crippen LogP contribution in [0.2, 0.25) is 0 Å². The first kappa shape index (κ1) is 9.93. The van der Waals surface area contributed by atoms with Crippen LogP contribution in [-0.2, 0) is 11.2 Å². The number of rotatable bonds is 4. The molecule has 0 amide bonds. The molecule has 0 heterocycles. The summed E-state index contributed by atoms with van der Waals surface area (Å²) in [6, 6.07) is 9.73. The second-order valence-corrected chi connectivity index (χ2v) is 3.18. The van der Waals surface area contributed by atoms with Crippen molar-refractivity contribution in [1.82, 2.24) is 0 Å². The van der Waals surface area contributed by atoms with Crippen LogP contribution in [0.3, 0.4) is 0 Å². The Bertz CT molecular complexity index is 267. The largest absolute Gasteiger partial charge is 0.396 e. The maximum atomic E-state index is 11.0. The average Bonchev–Trinajstić information content (AvgIpc) is 2.15. The topological polar surface area (TPSA) is 37.3 Å². The van der Waals surface area contributed by atoms with E-state index in [9.17, 15) is 4.79 Å². The average molecular weight is 178 g/mol. The Labute approximate surface area is 78.2 Å². The van der Waals surface area contributed by atoms with Crippen LogP contribution in [0.25, 0.3) is 0 Å². The summed E-state index contributed by atoms with van der Waals surface area (Å²) >= 11 is 0. The number of carbonyl (C=O) groups is 1. The molecule has 0 radical (unpaired) electrons. The predicted molar refractivity (Wildman–Crippen MR) is 51.4 cm³/mol. The lowest BCUT2D eigenvalue weighted by atomic mass is 9.97. The summed E-state index contributed by atoms with van der Waals surface area (Å²) in [5, 5.41) is 8.94. The van der Waals surface area contributed by atoms with Crippen molar-refractivity contribution >= 4 is 5.78 Å². The number of hydrogen-bond donors (Lipinski definition) is 1. The molecule has 70 valence electrons. The van der Waals surface area contributed by atoms with E-state index in [0.29, 0.717) is 6.42 Å². The minimum absolute atomic E-state index is 0.0475. The van der Waals surface area contributed by atoms with Gasteiger partial charge in [-0.15, -0.1) is 0 Å². The normalized spacial score (nSPS) is 12.5. The van der Waals surface area contributed by atoms with Crippen molar-refractivity contribution in [1.29, 1.82) is 0 Å². The van der Waals surface area contributed by atoms with Crippen molar-refractivity contribution in [3.8, 4) is 0 Å². The second kappa shape index (κ2) is 4.77. The first-order valence-corrected chi connectivity index (χ1v) is 4.39. The van der Waals surface area contributed by atoms with Crippen molar-refractivity contribution in [2.24, 2.45) is 5.92 Å². The van der Waals surface area contributed by atoms with Gasteiger partial charge in [-0.3, -0.25) is 4.79 Å². The molecule has 0 saturated carbocycles. The van der Waals surface area contributed by atoms with Crippen molar-refractivity contribution in [2.75, 3.05) is 6.61 Å². The Morgan fingerprint density at radius 3 is 2.46 bits per heavy atom. The lowest BCUT2D eigenvalue weighted by Crippen LogP contribution is -2.17. The summed E-state index contributed by atoms with van der Waals surface area (Å²) in [4.78, 5) is 11.0. The highest BCUT2D eigenvalue weighted by Crippen LogP contribution is 2.08. The third kappa shape index (κ3) is 2.99. The standard InChI is InChI=1S/C11H14O2/c1-9(13)11(8-12)7-10-5-3-2-4-6-10/h2-6,11-12H,7-8H2,1H3. The molecule has 1 aromatic rings. The lowest BCUT2D eigenvalue weighted by Gasteiger charge is -2.09. The Balaban J connectivity index is 2.62. The van der Waals surface area contributed by atoms with Gasteiger partial charge in [0.2, 0.25) is 0 Å². The van der Waals surface area contributed by atoms with Crippen LogP contribution in [0.5, 0.6) is 0 Å². The zero-order valence-corrected chi connectivity index (χ0v) is 7.73. The quantitative estimate of drug-likeness (QED) is 0.757. The lowest BCUT2D eigenvalue weighted by molar-refractivity contribution is -0.121. The summed E-state index contributed by atoms with van der Waals surface area (Å²) in [5.41, 5.74) is 1.09. The number of ketones is 1. The highest BCUT2D eigenvalue weighted by molar-refractivity contribution is 5.78. The summed E-state index contributed by atoms with van der Waals surface area (Å²) in [6.45, 7) is 1.45. The Hall–Kier alpha value is -1.15. The third-order valence-electron chi connectivity index (χ3n) is 2.12. The highest BCUT2D eigenvalue weighted by Gasteiger charge is 2.12. The molecule has 0 aromatic heterocycles. The molecule has 1 rings (SSSR count). The van der Waals surface area contributed by atoms with Gasteiger partial charge in [-0.1, -0.05) is 30.3 Å². The van der Waals surface area contributed by atoms with Gasteiger partial charge in [0.1, 0.15) is 5.78 Å². The van der Waals surface area contributed by atoms with Crippen molar-refractivity contribution in [3.63, 3.8) is 0 Å². The molecular weight excluding hydrogens is 164 g/mol. The van der Waals surface area contributed by atoms with Crippen LogP contribution in [0.4, 0.5) is 0 Å². The van der Waals surface area contributed by atoms with E-state index in [-0.39, 0.29) is 18.3 Å². The van der Waals surface area contributed by atoms with Crippen LogP contribution in [0.15, 0.2) is 30.3 Å². The molecule has 0 aliphatic heterocycles. The van der Waals surface area contributed by atoms with E-state index in [1.165, 1.54) is 6.92 Å². The van der Waals surface area contributed by atoms with Crippen LogP contribution in [0.1, 0.15) is 12.5 Å². The van der Waals surface area contributed by atoms with Gasteiger partial charge in [0.05, 0.1) is 6.61 Å². The highest BCUT2D eigenvalue weighted by atomic mass is 16.3. The van der Waals surface area contributed by atoms with E-state index in [1.54, 1.807) is 0 Å². The van der Waals surface area contributed by atoms with Gasteiger partial charge in [0, 0.05) is 5.92 Å². The molecule has 0 aliphatic rings. The van der Waals surface area contributed by atoms with E-state index in [4.69, 9.17) is 5.11 Å². The number of aliphatic hydroxyl groups excluding tert-OH is 1. The molecule has 2 heteroatoms. The fraction of sp³-hybridized carbons (Fsp3) is 0.364. The molecule has 1 atom stereocenters. The van der Waals surface area contributed by atoms with Gasteiger partial charge in [0.25, 0.3) is 0 Å². The maximum absolute atomic E-state index is 11.0. The van der Waals surface area contributed by atoms with E-state index < -0.39 is 0 Å².